The number of phenolic OH excluding ortho intramolecular Hbond substituents is 1. The van der Waals surface area contributed by atoms with E-state index in [9.17, 15) is 5.11 Å². The number of methoxy groups -OCH3 is 2. The van der Waals surface area contributed by atoms with Crippen molar-refractivity contribution in [3.63, 3.8) is 0 Å². The molecule has 0 aliphatic heterocycles. The van der Waals surface area contributed by atoms with Crippen LogP contribution in [0, 0.1) is 6.92 Å². The highest BCUT2D eigenvalue weighted by Gasteiger charge is 2.15. The predicted octanol–water partition coefficient (Wildman–Crippen LogP) is 4.54. The van der Waals surface area contributed by atoms with Crippen molar-refractivity contribution in [3.8, 4) is 28.4 Å². The fourth-order valence-electron chi connectivity index (χ4n) is 2.82. The van der Waals surface area contributed by atoms with Crippen molar-refractivity contribution < 1.29 is 14.6 Å². The van der Waals surface area contributed by atoms with Crippen LogP contribution in [0.15, 0.2) is 48.5 Å². The van der Waals surface area contributed by atoms with Gasteiger partial charge in [-0.1, -0.05) is 36.4 Å². The number of aromatic hydroxyl groups is 1. The van der Waals surface area contributed by atoms with Crippen LogP contribution in [0.3, 0.4) is 0 Å². The van der Waals surface area contributed by atoms with E-state index in [0.717, 1.165) is 27.5 Å². The number of benzene rings is 3. The van der Waals surface area contributed by atoms with Gasteiger partial charge in [-0.2, -0.15) is 0 Å². The third-order valence-corrected chi connectivity index (χ3v) is 3.88. The maximum Gasteiger partial charge on any atom is 0.161 e. The van der Waals surface area contributed by atoms with Crippen LogP contribution in [-0.2, 0) is 0 Å². The Hall–Kier alpha value is -2.68. The lowest BCUT2D eigenvalue weighted by Gasteiger charge is -2.15. The summed E-state index contributed by atoms with van der Waals surface area (Å²) >= 11 is 0. The summed E-state index contributed by atoms with van der Waals surface area (Å²) < 4.78 is 10.7. The third kappa shape index (κ3) is 2.25. The Morgan fingerprint density at radius 3 is 2.14 bits per heavy atom. The zero-order valence-electron chi connectivity index (χ0n) is 12.9. The molecule has 3 aromatic rings. The minimum absolute atomic E-state index is 0.266. The lowest BCUT2D eigenvalue weighted by atomic mass is 9.94. The van der Waals surface area contributed by atoms with Gasteiger partial charge in [0, 0.05) is 10.9 Å². The molecule has 0 heterocycles. The molecule has 0 bridgehead atoms. The Morgan fingerprint density at radius 2 is 1.50 bits per heavy atom. The van der Waals surface area contributed by atoms with Gasteiger partial charge in [-0.05, 0) is 35.6 Å². The molecule has 0 aliphatic rings. The minimum atomic E-state index is 0.266. The van der Waals surface area contributed by atoms with Gasteiger partial charge in [0.1, 0.15) is 5.75 Å². The molecule has 3 heteroatoms. The summed E-state index contributed by atoms with van der Waals surface area (Å²) in [6.07, 6.45) is 0. The molecule has 3 rings (SSSR count). The Labute approximate surface area is 129 Å². The summed E-state index contributed by atoms with van der Waals surface area (Å²) in [4.78, 5) is 0. The molecular formula is C19H18O3. The van der Waals surface area contributed by atoms with E-state index in [1.54, 1.807) is 14.2 Å². The zero-order valence-corrected chi connectivity index (χ0v) is 12.9. The number of aryl methyl sites for hydroxylation is 1. The van der Waals surface area contributed by atoms with Gasteiger partial charge in [0.15, 0.2) is 11.5 Å². The van der Waals surface area contributed by atoms with Gasteiger partial charge in [0.25, 0.3) is 0 Å². The van der Waals surface area contributed by atoms with Gasteiger partial charge in [-0.25, -0.2) is 0 Å². The molecule has 0 atom stereocenters. The normalized spacial score (nSPS) is 10.7. The molecule has 0 fully saturated rings. The van der Waals surface area contributed by atoms with Crippen molar-refractivity contribution in [1.29, 1.82) is 0 Å². The number of ether oxygens (including phenoxy) is 2. The minimum Gasteiger partial charge on any atom is -0.507 e. The number of hydrogen-bond acceptors (Lipinski definition) is 3. The zero-order chi connectivity index (χ0) is 15.7. The molecule has 3 aromatic carbocycles. The monoisotopic (exact) mass is 294 g/mol. The van der Waals surface area contributed by atoms with Crippen LogP contribution in [0.5, 0.6) is 17.2 Å². The highest BCUT2D eigenvalue weighted by Crippen LogP contribution is 2.42. The van der Waals surface area contributed by atoms with Gasteiger partial charge in [-0.3, -0.25) is 0 Å². The van der Waals surface area contributed by atoms with Crippen LogP contribution >= 0.6 is 0 Å². The van der Waals surface area contributed by atoms with E-state index in [1.807, 2.05) is 49.4 Å². The van der Waals surface area contributed by atoms with Crippen LogP contribution in [-0.4, -0.2) is 19.3 Å². The number of hydrogen-bond donors (Lipinski definition) is 1. The van der Waals surface area contributed by atoms with E-state index >= 15 is 0 Å². The second-order valence-corrected chi connectivity index (χ2v) is 5.21. The van der Waals surface area contributed by atoms with Crippen molar-refractivity contribution in [3.05, 3.63) is 54.1 Å². The molecule has 0 amide bonds. The number of phenols is 1. The first-order chi connectivity index (χ1) is 10.7. The largest absolute Gasteiger partial charge is 0.507 e. The summed E-state index contributed by atoms with van der Waals surface area (Å²) in [5.41, 5.74) is 2.86. The number of fused-ring (bicyclic) bond motifs is 1. The van der Waals surface area contributed by atoms with Crippen LogP contribution in [0.4, 0.5) is 0 Å². The van der Waals surface area contributed by atoms with E-state index in [-0.39, 0.29) is 5.75 Å². The highest BCUT2D eigenvalue weighted by atomic mass is 16.5. The van der Waals surface area contributed by atoms with Crippen molar-refractivity contribution in [2.45, 2.75) is 6.92 Å². The average Bonchev–Trinajstić information content (AvgIpc) is 2.54. The van der Waals surface area contributed by atoms with Crippen molar-refractivity contribution in [2.75, 3.05) is 14.2 Å². The summed E-state index contributed by atoms with van der Waals surface area (Å²) in [5.74, 6) is 1.52. The van der Waals surface area contributed by atoms with Crippen molar-refractivity contribution >= 4 is 10.8 Å². The summed E-state index contributed by atoms with van der Waals surface area (Å²) in [7, 11) is 3.20. The predicted molar refractivity (Wildman–Crippen MR) is 88.9 cm³/mol. The molecular weight excluding hydrogens is 276 g/mol. The van der Waals surface area contributed by atoms with E-state index in [4.69, 9.17) is 9.47 Å². The molecule has 0 saturated carbocycles. The fraction of sp³-hybridized carbons (Fsp3) is 0.158. The van der Waals surface area contributed by atoms with Crippen LogP contribution in [0.25, 0.3) is 21.9 Å². The van der Waals surface area contributed by atoms with E-state index in [2.05, 4.69) is 6.07 Å². The standard InChI is InChI=1S/C19H18O3/c1-12-9-14-10-16(21-2)17(22-3)11-15(14)19(20)18(12)13-7-5-4-6-8-13/h4-11,20H,1-3H3. The molecule has 0 spiro atoms. The quantitative estimate of drug-likeness (QED) is 0.771. The molecule has 0 aromatic heterocycles. The second kappa shape index (κ2) is 5.60. The van der Waals surface area contributed by atoms with Gasteiger partial charge >= 0.3 is 0 Å². The molecule has 22 heavy (non-hydrogen) atoms. The lowest BCUT2D eigenvalue weighted by molar-refractivity contribution is 0.355. The maximum absolute atomic E-state index is 10.8. The first-order valence-corrected chi connectivity index (χ1v) is 7.09. The Morgan fingerprint density at radius 1 is 0.864 bits per heavy atom. The number of rotatable bonds is 3. The molecule has 0 saturated heterocycles. The first kappa shape index (κ1) is 14.3. The molecule has 1 N–H and O–H groups in total. The van der Waals surface area contributed by atoms with Gasteiger partial charge in [-0.15, -0.1) is 0 Å². The fourth-order valence-corrected chi connectivity index (χ4v) is 2.82. The summed E-state index contributed by atoms with van der Waals surface area (Å²) in [5, 5.41) is 12.4. The topological polar surface area (TPSA) is 38.7 Å². The Kier molecular flexibility index (Phi) is 3.63. The second-order valence-electron chi connectivity index (χ2n) is 5.21. The Bertz CT molecular complexity index is 823. The van der Waals surface area contributed by atoms with E-state index in [1.165, 1.54) is 0 Å². The summed E-state index contributed by atoms with van der Waals surface area (Å²) in [6.45, 7) is 2.00. The van der Waals surface area contributed by atoms with E-state index in [0.29, 0.717) is 11.5 Å². The molecule has 0 unspecified atom stereocenters. The van der Waals surface area contributed by atoms with E-state index < -0.39 is 0 Å². The highest BCUT2D eigenvalue weighted by molar-refractivity contribution is 5.98. The van der Waals surface area contributed by atoms with Crippen LogP contribution in [0.2, 0.25) is 0 Å². The molecule has 0 radical (unpaired) electrons. The smallest absolute Gasteiger partial charge is 0.161 e. The van der Waals surface area contributed by atoms with Gasteiger partial charge in [0.05, 0.1) is 14.2 Å². The van der Waals surface area contributed by atoms with Crippen LogP contribution in [0.1, 0.15) is 5.56 Å². The third-order valence-electron chi connectivity index (χ3n) is 3.88. The molecule has 0 aliphatic carbocycles. The molecule has 3 nitrogen and oxygen atoms in total. The van der Waals surface area contributed by atoms with Crippen molar-refractivity contribution in [1.82, 2.24) is 0 Å². The van der Waals surface area contributed by atoms with Gasteiger partial charge in [0.2, 0.25) is 0 Å². The Balaban J connectivity index is 2.33. The van der Waals surface area contributed by atoms with Crippen LogP contribution < -0.4 is 9.47 Å². The maximum atomic E-state index is 10.8. The average molecular weight is 294 g/mol. The lowest BCUT2D eigenvalue weighted by Crippen LogP contribution is -1.92. The van der Waals surface area contributed by atoms with Gasteiger partial charge < -0.3 is 14.6 Å². The molecule has 112 valence electrons. The first-order valence-electron chi connectivity index (χ1n) is 7.09. The van der Waals surface area contributed by atoms with Crippen molar-refractivity contribution in [2.24, 2.45) is 0 Å². The SMILES string of the molecule is COc1cc2cc(C)c(-c3ccccc3)c(O)c2cc1OC. The summed E-state index contributed by atoms with van der Waals surface area (Å²) in [6, 6.07) is 15.6.